The second kappa shape index (κ2) is 6.06. The number of nitrogens with one attached hydrogen (secondary N) is 1. The third-order valence-corrected chi connectivity index (χ3v) is 4.47. The van der Waals surface area contributed by atoms with Crippen molar-refractivity contribution in [3.8, 4) is 0 Å². The van der Waals surface area contributed by atoms with Crippen LogP contribution in [0.15, 0.2) is 24.4 Å². The van der Waals surface area contributed by atoms with E-state index in [4.69, 9.17) is 16.6 Å². The van der Waals surface area contributed by atoms with Crippen LogP contribution in [0.5, 0.6) is 0 Å². The Balaban J connectivity index is 2.35. The number of hydrogen-bond donors (Lipinski definition) is 1. The van der Waals surface area contributed by atoms with Gasteiger partial charge < -0.3 is 5.32 Å². The summed E-state index contributed by atoms with van der Waals surface area (Å²) in [7, 11) is 1.99. The van der Waals surface area contributed by atoms with E-state index in [1.807, 2.05) is 13.1 Å². The summed E-state index contributed by atoms with van der Waals surface area (Å²) in [6, 6.07) is 6.01. The monoisotopic (exact) mass is 291 g/mol. The summed E-state index contributed by atoms with van der Waals surface area (Å²) in [6.45, 7) is 7.81. The van der Waals surface area contributed by atoms with E-state index in [9.17, 15) is 0 Å². The fourth-order valence-corrected chi connectivity index (χ4v) is 2.48. The van der Waals surface area contributed by atoms with E-state index >= 15 is 0 Å². The number of hydrogen-bond acceptors (Lipinski definition) is 3. The van der Waals surface area contributed by atoms with Gasteiger partial charge >= 0.3 is 0 Å². The van der Waals surface area contributed by atoms with Crippen molar-refractivity contribution >= 4 is 22.5 Å². The van der Waals surface area contributed by atoms with Crippen LogP contribution in [0.3, 0.4) is 0 Å². The van der Waals surface area contributed by atoms with Crippen molar-refractivity contribution in [3.63, 3.8) is 0 Å². The highest BCUT2D eigenvalue weighted by Gasteiger charge is 2.29. The Morgan fingerprint density at radius 2 is 2.10 bits per heavy atom. The average Bonchev–Trinajstić information content (AvgIpc) is 2.43. The quantitative estimate of drug-likeness (QED) is 0.851. The number of halogens is 1. The molecular formula is C16H22ClN3. The van der Waals surface area contributed by atoms with E-state index in [0.717, 1.165) is 29.6 Å². The molecule has 0 radical (unpaired) electrons. The van der Waals surface area contributed by atoms with Crippen LogP contribution in [0.2, 0.25) is 5.15 Å². The minimum atomic E-state index is 0.0286. The Kier molecular flexibility index (Phi) is 4.61. The first-order valence-corrected chi connectivity index (χ1v) is 7.40. The molecule has 4 heteroatoms. The molecule has 2 heterocycles. The van der Waals surface area contributed by atoms with E-state index in [1.54, 1.807) is 6.20 Å². The van der Waals surface area contributed by atoms with E-state index in [-0.39, 0.29) is 5.41 Å². The Labute approximate surface area is 125 Å². The highest BCUT2D eigenvalue weighted by Crippen LogP contribution is 2.33. The lowest BCUT2D eigenvalue weighted by atomic mass is 9.75. The SMILES string of the molecule is CNCCC(C)C(C)(C)c1ccc2cnc(Cl)cc2n1. The third kappa shape index (κ3) is 3.10. The van der Waals surface area contributed by atoms with Gasteiger partial charge in [-0.25, -0.2) is 4.98 Å². The minimum absolute atomic E-state index is 0.0286. The molecule has 0 bridgehead atoms. The highest BCUT2D eigenvalue weighted by molar-refractivity contribution is 6.29. The van der Waals surface area contributed by atoms with Gasteiger partial charge in [0, 0.05) is 28.8 Å². The highest BCUT2D eigenvalue weighted by atomic mass is 35.5. The van der Waals surface area contributed by atoms with Crippen molar-refractivity contribution < 1.29 is 0 Å². The molecule has 0 aliphatic rings. The molecule has 1 atom stereocenters. The zero-order chi connectivity index (χ0) is 14.8. The van der Waals surface area contributed by atoms with Crippen LogP contribution in [0.1, 0.15) is 32.9 Å². The van der Waals surface area contributed by atoms with Crippen molar-refractivity contribution in [2.24, 2.45) is 5.92 Å². The standard InChI is InChI=1S/C16H22ClN3/c1-11(7-8-18-4)16(2,3)14-6-5-12-10-19-15(17)9-13(12)20-14/h5-6,9-11,18H,7-8H2,1-4H3. The first-order chi connectivity index (χ1) is 9.45. The third-order valence-electron chi connectivity index (χ3n) is 4.26. The maximum atomic E-state index is 5.96. The van der Waals surface area contributed by atoms with Crippen LogP contribution in [0.25, 0.3) is 10.9 Å². The Morgan fingerprint density at radius 3 is 2.80 bits per heavy atom. The van der Waals surface area contributed by atoms with E-state index in [0.29, 0.717) is 11.1 Å². The van der Waals surface area contributed by atoms with Crippen LogP contribution in [0.4, 0.5) is 0 Å². The molecule has 0 saturated heterocycles. The lowest BCUT2D eigenvalue weighted by Gasteiger charge is -2.31. The van der Waals surface area contributed by atoms with Crippen molar-refractivity contribution in [1.82, 2.24) is 15.3 Å². The molecule has 0 saturated carbocycles. The number of aromatic nitrogens is 2. The van der Waals surface area contributed by atoms with Gasteiger partial charge in [0.25, 0.3) is 0 Å². The van der Waals surface area contributed by atoms with Gasteiger partial charge in [0.1, 0.15) is 5.15 Å². The summed E-state index contributed by atoms with van der Waals surface area (Å²) in [5.41, 5.74) is 2.05. The molecule has 2 aromatic rings. The number of nitrogens with zero attached hydrogens (tertiary/aromatic N) is 2. The largest absolute Gasteiger partial charge is 0.320 e. The number of fused-ring (bicyclic) bond motifs is 1. The zero-order valence-corrected chi connectivity index (χ0v) is 13.3. The Hall–Kier alpha value is -1.19. The van der Waals surface area contributed by atoms with Gasteiger partial charge in [-0.3, -0.25) is 4.98 Å². The summed E-state index contributed by atoms with van der Waals surface area (Å²) in [4.78, 5) is 8.88. The van der Waals surface area contributed by atoms with Gasteiger partial charge in [-0.15, -0.1) is 0 Å². The summed E-state index contributed by atoms with van der Waals surface area (Å²) >= 11 is 5.96. The molecule has 2 aromatic heterocycles. The molecule has 0 aliphatic carbocycles. The molecule has 1 N–H and O–H groups in total. The fourth-order valence-electron chi connectivity index (χ4n) is 2.32. The Bertz CT molecular complexity index is 595. The van der Waals surface area contributed by atoms with Crippen LogP contribution >= 0.6 is 11.6 Å². The topological polar surface area (TPSA) is 37.8 Å². The summed E-state index contributed by atoms with van der Waals surface area (Å²) in [5, 5.41) is 4.73. The lowest BCUT2D eigenvalue weighted by Crippen LogP contribution is -2.30. The summed E-state index contributed by atoms with van der Waals surface area (Å²) in [6.07, 6.45) is 2.90. The van der Waals surface area contributed by atoms with Crippen LogP contribution in [0, 0.1) is 5.92 Å². The van der Waals surface area contributed by atoms with Gasteiger partial charge in [0.2, 0.25) is 0 Å². The van der Waals surface area contributed by atoms with Crippen molar-refractivity contribution in [1.29, 1.82) is 0 Å². The molecule has 1 unspecified atom stereocenters. The van der Waals surface area contributed by atoms with E-state index < -0.39 is 0 Å². The average molecular weight is 292 g/mol. The fraction of sp³-hybridized carbons (Fsp3) is 0.500. The van der Waals surface area contributed by atoms with Crippen molar-refractivity contribution in [2.75, 3.05) is 13.6 Å². The van der Waals surface area contributed by atoms with Gasteiger partial charge in [-0.1, -0.05) is 32.4 Å². The molecule has 0 aliphatic heterocycles. The van der Waals surface area contributed by atoms with Gasteiger partial charge in [-0.2, -0.15) is 0 Å². The predicted octanol–water partition coefficient (Wildman–Crippen LogP) is 3.81. The molecule has 0 aromatic carbocycles. The first kappa shape index (κ1) is 15.2. The molecule has 3 nitrogen and oxygen atoms in total. The molecule has 0 amide bonds. The van der Waals surface area contributed by atoms with Crippen LogP contribution < -0.4 is 5.32 Å². The van der Waals surface area contributed by atoms with E-state index in [2.05, 4.69) is 43.2 Å². The first-order valence-electron chi connectivity index (χ1n) is 7.02. The molecule has 0 fully saturated rings. The predicted molar refractivity (Wildman–Crippen MR) is 85.3 cm³/mol. The van der Waals surface area contributed by atoms with Gasteiger partial charge in [0.15, 0.2) is 0 Å². The number of rotatable bonds is 5. The minimum Gasteiger partial charge on any atom is -0.320 e. The molecule has 108 valence electrons. The normalized spacial score (nSPS) is 13.7. The number of pyridine rings is 2. The van der Waals surface area contributed by atoms with Crippen molar-refractivity contribution in [3.05, 3.63) is 35.2 Å². The van der Waals surface area contributed by atoms with Gasteiger partial charge in [0.05, 0.1) is 5.52 Å². The summed E-state index contributed by atoms with van der Waals surface area (Å²) in [5.74, 6) is 0.539. The zero-order valence-electron chi connectivity index (χ0n) is 12.6. The second-order valence-electron chi connectivity index (χ2n) is 5.91. The molecule has 20 heavy (non-hydrogen) atoms. The summed E-state index contributed by atoms with van der Waals surface area (Å²) < 4.78 is 0. The van der Waals surface area contributed by atoms with Gasteiger partial charge in [-0.05, 0) is 38.1 Å². The maximum Gasteiger partial charge on any atom is 0.131 e. The molecule has 0 spiro atoms. The molecule has 2 rings (SSSR count). The Morgan fingerprint density at radius 1 is 1.35 bits per heavy atom. The maximum absolute atomic E-state index is 5.96. The lowest BCUT2D eigenvalue weighted by molar-refractivity contribution is 0.315. The van der Waals surface area contributed by atoms with E-state index in [1.165, 1.54) is 0 Å². The van der Waals surface area contributed by atoms with Crippen molar-refractivity contribution in [2.45, 2.75) is 32.6 Å². The molecular weight excluding hydrogens is 270 g/mol. The second-order valence-corrected chi connectivity index (χ2v) is 6.30. The smallest absolute Gasteiger partial charge is 0.131 e. The van der Waals surface area contributed by atoms with Crippen LogP contribution in [-0.4, -0.2) is 23.6 Å². The van der Waals surface area contributed by atoms with Crippen LogP contribution in [-0.2, 0) is 5.41 Å².